The molecule has 0 saturated carbocycles. The molecule has 0 saturated heterocycles. The first-order valence-corrected chi connectivity index (χ1v) is 3.79. The van der Waals surface area contributed by atoms with Gasteiger partial charge in [0.1, 0.15) is 0 Å². The molecule has 0 rings (SSSR count). The van der Waals surface area contributed by atoms with Gasteiger partial charge in [0.25, 0.3) is 0 Å². The average Bonchev–Trinajstić information content (AvgIpc) is 2.00. The predicted octanol–water partition coefficient (Wildman–Crippen LogP) is 1.08. The molecule has 1 N–H and O–H groups in total. The van der Waals surface area contributed by atoms with Crippen LogP contribution >= 0.6 is 11.6 Å². The quantitative estimate of drug-likeness (QED) is 0.572. The van der Waals surface area contributed by atoms with E-state index in [1.54, 1.807) is 0 Å². The van der Waals surface area contributed by atoms with Crippen molar-refractivity contribution in [2.75, 3.05) is 6.61 Å². The Bertz CT molecular complexity index is 182. The zero-order valence-corrected chi connectivity index (χ0v) is 7.39. The van der Waals surface area contributed by atoms with Gasteiger partial charge in [-0.2, -0.15) is 13.2 Å². The monoisotopic (exact) mass is 220 g/mol. The molecule has 0 amide bonds. The third-order valence-electron chi connectivity index (χ3n) is 1.12. The van der Waals surface area contributed by atoms with Crippen LogP contribution in [0.5, 0.6) is 0 Å². The largest absolute Gasteiger partial charge is 0.465 e. The summed E-state index contributed by atoms with van der Waals surface area (Å²) in [6, 6.07) is 0. The summed E-state index contributed by atoms with van der Waals surface area (Å²) in [5.74, 6) is -1.28. The Labute approximate surface area is 77.4 Å². The van der Waals surface area contributed by atoms with E-state index in [9.17, 15) is 18.0 Å². The Morgan fingerprint density at radius 2 is 2.08 bits per heavy atom. The summed E-state index contributed by atoms with van der Waals surface area (Å²) in [6.45, 7) is 1.33. The fourth-order valence-electron chi connectivity index (χ4n) is 0.517. The third-order valence-corrected chi connectivity index (χ3v) is 1.54. The van der Waals surface area contributed by atoms with Crippen LogP contribution in [-0.2, 0) is 9.53 Å². The second kappa shape index (κ2) is 4.66. The summed E-state index contributed by atoms with van der Waals surface area (Å²) >= 11 is 5.00. The van der Waals surface area contributed by atoms with Crippen molar-refractivity contribution in [2.45, 2.75) is 24.6 Å². The van der Waals surface area contributed by atoms with E-state index >= 15 is 0 Å². The molecule has 7 heteroatoms. The SMILES string of the molecule is CCOC(=O)C(Cl)C(O)C(F)(F)F. The molecule has 0 aromatic carbocycles. The molecule has 2 atom stereocenters. The molecular formula is C6H8ClF3O3. The van der Waals surface area contributed by atoms with Crippen molar-refractivity contribution in [3.05, 3.63) is 0 Å². The number of aliphatic hydroxyl groups excluding tert-OH is 1. The minimum atomic E-state index is -4.92. The maximum atomic E-state index is 11.8. The Morgan fingerprint density at radius 3 is 2.38 bits per heavy atom. The molecule has 78 valence electrons. The predicted molar refractivity (Wildman–Crippen MR) is 38.3 cm³/mol. The fraction of sp³-hybridized carbons (Fsp3) is 0.833. The van der Waals surface area contributed by atoms with Gasteiger partial charge in [-0.05, 0) is 6.92 Å². The van der Waals surface area contributed by atoms with Crippen LogP contribution in [0.15, 0.2) is 0 Å². The molecule has 2 unspecified atom stereocenters. The molecule has 3 nitrogen and oxygen atoms in total. The Morgan fingerprint density at radius 1 is 1.62 bits per heavy atom. The molecule has 0 radical (unpaired) electrons. The van der Waals surface area contributed by atoms with Crippen LogP contribution in [0.25, 0.3) is 0 Å². The molecular weight excluding hydrogens is 213 g/mol. The number of ether oxygens (including phenoxy) is 1. The molecule has 0 bridgehead atoms. The molecule has 0 aliphatic rings. The topological polar surface area (TPSA) is 46.5 Å². The number of carbonyl (C=O) groups is 1. The van der Waals surface area contributed by atoms with Gasteiger partial charge in [0.05, 0.1) is 6.61 Å². The summed E-state index contributed by atoms with van der Waals surface area (Å²) in [4.78, 5) is 10.6. The number of rotatable bonds is 3. The second-order valence-corrected chi connectivity index (χ2v) is 2.61. The summed E-state index contributed by atoms with van der Waals surface area (Å²) < 4.78 is 39.5. The first-order valence-electron chi connectivity index (χ1n) is 3.36. The molecule has 0 aromatic rings. The summed E-state index contributed by atoms with van der Waals surface area (Å²) in [5, 5.41) is 6.38. The maximum Gasteiger partial charge on any atom is 0.416 e. The van der Waals surface area contributed by atoms with Crippen molar-refractivity contribution >= 4 is 17.6 Å². The van der Waals surface area contributed by atoms with Gasteiger partial charge in [-0.1, -0.05) is 0 Å². The normalized spacial score (nSPS) is 16.5. The Balaban J connectivity index is 4.25. The minimum Gasteiger partial charge on any atom is -0.465 e. The van der Waals surface area contributed by atoms with Crippen molar-refractivity contribution in [1.29, 1.82) is 0 Å². The highest BCUT2D eigenvalue weighted by Gasteiger charge is 2.46. The van der Waals surface area contributed by atoms with Crippen LogP contribution in [0.2, 0.25) is 0 Å². The standard InChI is InChI=1S/C6H8ClF3O3/c1-2-13-5(12)3(7)4(11)6(8,9)10/h3-4,11H,2H2,1H3. The van der Waals surface area contributed by atoms with E-state index in [1.807, 2.05) is 0 Å². The van der Waals surface area contributed by atoms with Gasteiger partial charge >= 0.3 is 12.1 Å². The van der Waals surface area contributed by atoms with Crippen molar-refractivity contribution in [3.63, 3.8) is 0 Å². The smallest absolute Gasteiger partial charge is 0.416 e. The Kier molecular flexibility index (Phi) is 4.49. The van der Waals surface area contributed by atoms with Gasteiger partial charge in [-0.15, -0.1) is 11.6 Å². The number of hydrogen-bond acceptors (Lipinski definition) is 3. The van der Waals surface area contributed by atoms with Gasteiger partial charge < -0.3 is 9.84 Å². The maximum absolute atomic E-state index is 11.8. The highest BCUT2D eigenvalue weighted by atomic mass is 35.5. The van der Waals surface area contributed by atoms with E-state index in [-0.39, 0.29) is 6.61 Å². The van der Waals surface area contributed by atoms with Gasteiger partial charge in [0.15, 0.2) is 11.5 Å². The molecule has 0 fully saturated rings. The van der Waals surface area contributed by atoms with E-state index in [0.717, 1.165) is 0 Å². The first kappa shape index (κ1) is 12.5. The summed E-state index contributed by atoms with van der Waals surface area (Å²) in [7, 11) is 0. The lowest BCUT2D eigenvalue weighted by atomic mass is 10.2. The van der Waals surface area contributed by atoms with Gasteiger partial charge in [-0.25, -0.2) is 0 Å². The lowest BCUT2D eigenvalue weighted by Crippen LogP contribution is -2.41. The zero-order valence-electron chi connectivity index (χ0n) is 6.64. The molecule has 0 aliphatic carbocycles. The van der Waals surface area contributed by atoms with Gasteiger partial charge in [0.2, 0.25) is 0 Å². The van der Waals surface area contributed by atoms with Crippen molar-refractivity contribution < 1.29 is 27.8 Å². The minimum absolute atomic E-state index is 0.0906. The number of halogens is 4. The van der Waals surface area contributed by atoms with Crippen LogP contribution < -0.4 is 0 Å². The van der Waals surface area contributed by atoms with Crippen LogP contribution in [0.4, 0.5) is 13.2 Å². The molecule has 0 spiro atoms. The van der Waals surface area contributed by atoms with E-state index < -0.39 is 23.6 Å². The average molecular weight is 221 g/mol. The first-order chi connectivity index (χ1) is 5.80. The highest BCUT2D eigenvalue weighted by molar-refractivity contribution is 6.30. The molecule has 0 aromatic heterocycles. The number of aliphatic hydroxyl groups is 1. The van der Waals surface area contributed by atoms with Crippen molar-refractivity contribution in [1.82, 2.24) is 0 Å². The second-order valence-electron chi connectivity index (χ2n) is 2.14. The van der Waals surface area contributed by atoms with Gasteiger partial charge in [0, 0.05) is 0 Å². The fourth-order valence-corrected chi connectivity index (χ4v) is 0.723. The highest BCUT2D eigenvalue weighted by Crippen LogP contribution is 2.25. The van der Waals surface area contributed by atoms with Gasteiger partial charge in [-0.3, -0.25) is 4.79 Å². The number of esters is 1. The van der Waals surface area contributed by atoms with Crippen LogP contribution in [0, 0.1) is 0 Å². The van der Waals surface area contributed by atoms with E-state index in [1.165, 1.54) is 6.92 Å². The summed E-state index contributed by atoms with van der Waals surface area (Å²) in [6.07, 6.45) is -7.81. The van der Waals surface area contributed by atoms with Crippen molar-refractivity contribution in [2.24, 2.45) is 0 Å². The molecule has 0 heterocycles. The lowest BCUT2D eigenvalue weighted by molar-refractivity contribution is -0.207. The van der Waals surface area contributed by atoms with E-state index in [4.69, 9.17) is 16.7 Å². The summed E-state index contributed by atoms with van der Waals surface area (Å²) in [5.41, 5.74) is 0. The Hall–Kier alpha value is -0.490. The molecule has 13 heavy (non-hydrogen) atoms. The van der Waals surface area contributed by atoms with Crippen LogP contribution in [-0.4, -0.2) is 35.3 Å². The third kappa shape index (κ3) is 3.82. The number of hydrogen-bond donors (Lipinski definition) is 1. The van der Waals surface area contributed by atoms with Crippen LogP contribution in [0.3, 0.4) is 0 Å². The van der Waals surface area contributed by atoms with E-state index in [0.29, 0.717) is 0 Å². The lowest BCUT2D eigenvalue weighted by Gasteiger charge is -2.17. The number of carbonyl (C=O) groups excluding carboxylic acids is 1. The van der Waals surface area contributed by atoms with Crippen LogP contribution in [0.1, 0.15) is 6.92 Å². The molecule has 0 aliphatic heterocycles. The van der Waals surface area contributed by atoms with Crippen molar-refractivity contribution in [3.8, 4) is 0 Å². The van der Waals surface area contributed by atoms with E-state index in [2.05, 4.69) is 4.74 Å². The zero-order chi connectivity index (χ0) is 10.6. The number of alkyl halides is 4.